The molecule has 4 nitrogen and oxygen atoms in total. The second-order valence-corrected chi connectivity index (χ2v) is 4.95. The van der Waals surface area contributed by atoms with Crippen LogP contribution in [0, 0.1) is 0 Å². The van der Waals surface area contributed by atoms with Gasteiger partial charge in [0.05, 0.1) is 23.7 Å². The van der Waals surface area contributed by atoms with Crippen molar-refractivity contribution >= 4 is 11.2 Å². The van der Waals surface area contributed by atoms with Gasteiger partial charge < -0.3 is 14.6 Å². The maximum Gasteiger partial charge on any atom is 0.0992 e. The molecular weight excluding hydrogens is 212 g/mol. The first kappa shape index (κ1) is 10.6. The Hall–Kier alpha value is -1.55. The van der Waals surface area contributed by atoms with Gasteiger partial charge in [-0.1, -0.05) is 0 Å². The van der Waals surface area contributed by atoms with Crippen LogP contribution < -0.4 is 10.2 Å². The van der Waals surface area contributed by atoms with Crippen molar-refractivity contribution in [1.82, 2.24) is 14.7 Å². The molecule has 1 aliphatic heterocycles. The fraction of sp³-hybridized carbons (Fsp3) is 0.462. The number of imidazole rings is 1. The first-order valence-corrected chi connectivity index (χ1v) is 6.16. The molecule has 2 aromatic heterocycles. The Labute approximate surface area is 101 Å². The van der Waals surface area contributed by atoms with E-state index in [4.69, 9.17) is 0 Å². The van der Waals surface area contributed by atoms with Crippen LogP contribution in [0.2, 0.25) is 0 Å². The third-order valence-corrected chi connectivity index (χ3v) is 3.33. The Bertz CT molecular complexity index is 509. The first-order chi connectivity index (χ1) is 8.24. The highest BCUT2D eigenvalue weighted by molar-refractivity contribution is 5.72. The van der Waals surface area contributed by atoms with Crippen molar-refractivity contribution in [3.63, 3.8) is 0 Å². The van der Waals surface area contributed by atoms with Crippen molar-refractivity contribution in [3.8, 4) is 0 Å². The lowest BCUT2D eigenvalue weighted by atomic mass is 10.1. The van der Waals surface area contributed by atoms with Crippen LogP contribution in [0.5, 0.6) is 0 Å². The van der Waals surface area contributed by atoms with Gasteiger partial charge in [0.1, 0.15) is 0 Å². The van der Waals surface area contributed by atoms with E-state index < -0.39 is 0 Å². The highest BCUT2D eigenvalue weighted by Crippen LogP contribution is 2.23. The third kappa shape index (κ3) is 1.89. The van der Waals surface area contributed by atoms with E-state index in [1.807, 2.05) is 18.7 Å². The number of pyridine rings is 1. The van der Waals surface area contributed by atoms with E-state index in [2.05, 4.69) is 45.6 Å². The molecule has 0 bridgehead atoms. The molecule has 1 saturated heterocycles. The second kappa shape index (κ2) is 4.04. The van der Waals surface area contributed by atoms with E-state index in [1.165, 1.54) is 11.2 Å². The molecule has 1 fully saturated rings. The molecule has 0 aliphatic carbocycles. The van der Waals surface area contributed by atoms with Gasteiger partial charge in [-0.3, -0.25) is 0 Å². The zero-order valence-electron chi connectivity index (χ0n) is 10.3. The van der Waals surface area contributed by atoms with Crippen molar-refractivity contribution in [2.75, 3.05) is 18.0 Å². The molecule has 2 aromatic rings. The smallest absolute Gasteiger partial charge is 0.0992 e. The first-order valence-electron chi connectivity index (χ1n) is 6.16. The third-order valence-electron chi connectivity index (χ3n) is 3.33. The van der Waals surface area contributed by atoms with Gasteiger partial charge in [-0.25, -0.2) is 4.98 Å². The number of nitrogens with zero attached hydrogens (tertiary/aromatic N) is 3. The van der Waals surface area contributed by atoms with Crippen LogP contribution in [0.15, 0.2) is 30.9 Å². The minimum absolute atomic E-state index is 0.530. The van der Waals surface area contributed by atoms with Crippen molar-refractivity contribution in [2.24, 2.45) is 0 Å². The lowest BCUT2D eigenvalue weighted by Crippen LogP contribution is -2.54. The topological polar surface area (TPSA) is 32.6 Å². The standard InChI is InChI=1S/C13H18N4/c1-10-7-17(8-11(2)15-10)12-4-3-5-16-9-14-6-13(12)16/h3-6,9-11,15H,7-8H2,1-2H3/t10-,11-/m0/s1. The predicted molar refractivity (Wildman–Crippen MR) is 69.5 cm³/mol. The number of piperazine rings is 1. The summed E-state index contributed by atoms with van der Waals surface area (Å²) in [5, 5.41) is 3.56. The molecule has 1 aliphatic rings. The predicted octanol–water partition coefficient (Wildman–Crippen LogP) is 1.52. The van der Waals surface area contributed by atoms with E-state index >= 15 is 0 Å². The van der Waals surface area contributed by atoms with Gasteiger partial charge in [0.25, 0.3) is 0 Å². The van der Waals surface area contributed by atoms with Crippen LogP contribution in [0.3, 0.4) is 0 Å². The van der Waals surface area contributed by atoms with Gasteiger partial charge in [-0.2, -0.15) is 0 Å². The van der Waals surface area contributed by atoms with E-state index in [-0.39, 0.29) is 0 Å². The molecule has 2 atom stereocenters. The SMILES string of the molecule is C[C@H]1CN(c2cccn3cncc23)C[C@H](C)N1. The van der Waals surface area contributed by atoms with E-state index in [0.717, 1.165) is 13.1 Å². The summed E-state index contributed by atoms with van der Waals surface area (Å²) in [6.45, 7) is 6.57. The Kier molecular flexibility index (Phi) is 2.52. The lowest BCUT2D eigenvalue weighted by Gasteiger charge is -2.37. The molecule has 0 aromatic carbocycles. The molecule has 0 amide bonds. The summed E-state index contributed by atoms with van der Waals surface area (Å²) in [7, 11) is 0. The second-order valence-electron chi connectivity index (χ2n) is 4.95. The number of rotatable bonds is 1. The number of hydrogen-bond acceptors (Lipinski definition) is 3. The van der Waals surface area contributed by atoms with Crippen molar-refractivity contribution in [2.45, 2.75) is 25.9 Å². The average molecular weight is 230 g/mol. The quantitative estimate of drug-likeness (QED) is 0.806. The fourth-order valence-electron chi connectivity index (χ4n) is 2.73. The average Bonchev–Trinajstić information content (AvgIpc) is 2.75. The Balaban J connectivity index is 2.00. The van der Waals surface area contributed by atoms with Crippen LogP contribution in [0.4, 0.5) is 5.69 Å². The summed E-state index contributed by atoms with van der Waals surface area (Å²) >= 11 is 0. The van der Waals surface area contributed by atoms with E-state index in [9.17, 15) is 0 Å². The van der Waals surface area contributed by atoms with Crippen molar-refractivity contribution in [1.29, 1.82) is 0 Å². The van der Waals surface area contributed by atoms with Gasteiger partial charge in [-0.15, -0.1) is 0 Å². The summed E-state index contributed by atoms with van der Waals surface area (Å²) in [4.78, 5) is 6.66. The molecule has 17 heavy (non-hydrogen) atoms. The Morgan fingerprint density at radius 1 is 1.29 bits per heavy atom. The van der Waals surface area contributed by atoms with E-state index in [1.54, 1.807) is 0 Å². The van der Waals surface area contributed by atoms with Gasteiger partial charge in [0.15, 0.2) is 0 Å². The molecule has 0 spiro atoms. The summed E-state index contributed by atoms with van der Waals surface area (Å²) in [6.07, 6.45) is 5.83. The highest BCUT2D eigenvalue weighted by Gasteiger charge is 2.22. The number of fused-ring (bicyclic) bond motifs is 1. The lowest BCUT2D eigenvalue weighted by molar-refractivity contribution is 0.407. The zero-order valence-corrected chi connectivity index (χ0v) is 10.3. The largest absolute Gasteiger partial charge is 0.367 e. The molecule has 0 saturated carbocycles. The van der Waals surface area contributed by atoms with Crippen molar-refractivity contribution in [3.05, 3.63) is 30.9 Å². The normalized spacial score (nSPS) is 25.4. The molecule has 3 rings (SSSR count). The summed E-state index contributed by atoms with van der Waals surface area (Å²) in [5.41, 5.74) is 2.47. The van der Waals surface area contributed by atoms with Gasteiger partial charge in [0.2, 0.25) is 0 Å². The Morgan fingerprint density at radius 3 is 2.82 bits per heavy atom. The van der Waals surface area contributed by atoms with Gasteiger partial charge >= 0.3 is 0 Å². The minimum Gasteiger partial charge on any atom is -0.367 e. The van der Waals surface area contributed by atoms with Gasteiger partial charge in [0, 0.05) is 31.4 Å². The van der Waals surface area contributed by atoms with Gasteiger partial charge in [-0.05, 0) is 26.0 Å². The number of aromatic nitrogens is 2. The Morgan fingerprint density at radius 2 is 2.06 bits per heavy atom. The molecule has 0 radical (unpaired) electrons. The molecule has 0 unspecified atom stereocenters. The highest BCUT2D eigenvalue weighted by atomic mass is 15.2. The molecule has 90 valence electrons. The maximum atomic E-state index is 4.22. The molecular formula is C13H18N4. The molecule has 3 heterocycles. The summed E-state index contributed by atoms with van der Waals surface area (Å²) < 4.78 is 2.08. The number of hydrogen-bond donors (Lipinski definition) is 1. The van der Waals surface area contributed by atoms with Crippen LogP contribution in [-0.4, -0.2) is 34.6 Å². The number of anilines is 1. The summed E-state index contributed by atoms with van der Waals surface area (Å²) in [5.74, 6) is 0. The van der Waals surface area contributed by atoms with Crippen LogP contribution in [0.25, 0.3) is 5.52 Å². The molecule has 4 heteroatoms. The van der Waals surface area contributed by atoms with Crippen LogP contribution >= 0.6 is 0 Å². The minimum atomic E-state index is 0.530. The zero-order chi connectivity index (χ0) is 11.8. The fourth-order valence-corrected chi connectivity index (χ4v) is 2.73. The summed E-state index contributed by atoms with van der Waals surface area (Å²) in [6, 6.07) is 5.33. The number of nitrogens with one attached hydrogen (secondary N) is 1. The maximum absolute atomic E-state index is 4.22. The van der Waals surface area contributed by atoms with Crippen LogP contribution in [0.1, 0.15) is 13.8 Å². The van der Waals surface area contributed by atoms with Crippen molar-refractivity contribution < 1.29 is 0 Å². The monoisotopic (exact) mass is 230 g/mol. The molecule has 1 N–H and O–H groups in total. The van der Waals surface area contributed by atoms with E-state index in [0.29, 0.717) is 12.1 Å². The van der Waals surface area contributed by atoms with Crippen LogP contribution in [-0.2, 0) is 0 Å².